The molecule has 0 saturated carbocycles. The normalized spacial score (nSPS) is 9.79. The maximum absolute atomic E-state index is 5.99. The van der Waals surface area contributed by atoms with E-state index < -0.39 is 0 Å². The van der Waals surface area contributed by atoms with E-state index in [1.807, 2.05) is 55.6 Å². The summed E-state index contributed by atoms with van der Waals surface area (Å²) >= 11 is 5.99. The molecule has 0 saturated heterocycles. The SMILES string of the molecule is CNCc1cc(Cl)ccc1OCc1ccccc1.Cl. The van der Waals surface area contributed by atoms with Crippen LogP contribution in [0.1, 0.15) is 11.1 Å². The lowest BCUT2D eigenvalue weighted by atomic mass is 10.2. The van der Waals surface area contributed by atoms with Crippen LogP contribution in [0.4, 0.5) is 0 Å². The van der Waals surface area contributed by atoms with Crippen LogP contribution in [-0.4, -0.2) is 7.05 Å². The first-order valence-corrected chi connectivity index (χ1v) is 6.27. The average Bonchev–Trinajstić information content (AvgIpc) is 2.39. The minimum atomic E-state index is 0. The molecule has 2 aromatic rings. The van der Waals surface area contributed by atoms with E-state index in [-0.39, 0.29) is 12.4 Å². The zero-order valence-corrected chi connectivity index (χ0v) is 12.3. The van der Waals surface area contributed by atoms with Crippen LogP contribution in [0.25, 0.3) is 0 Å². The summed E-state index contributed by atoms with van der Waals surface area (Å²) in [5.41, 5.74) is 2.23. The molecule has 0 radical (unpaired) electrons. The highest BCUT2D eigenvalue weighted by molar-refractivity contribution is 6.30. The van der Waals surface area contributed by atoms with E-state index in [0.717, 1.165) is 28.4 Å². The smallest absolute Gasteiger partial charge is 0.124 e. The van der Waals surface area contributed by atoms with E-state index in [4.69, 9.17) is 16.3 Å². The summed E-state index contributed by atoms with van der Waals surface area (Å²) in [4.78, 5) is 0. The maximum atomic E-state index is 5.99. The van der Waals surface area contributed by atoms with Crippen molar-refractivity contribution in [3.05, 3.63) is 64.7 Å². The molecule has 2 rings (SSSR count). The molecule has 0 unspecified atom stereocenters. The van der Waals surface area contributed by atoms with Crippen molar-refractivity contribution in [2.45, 2.75) is 13.2 Å². The highest BCUT2D eigenvalue weighted by atomic mass is 35.5. The van der Waals surface area contributed by atoms with Gasteiger partial charge in [0.05, 0.1) is 0 Å². The Morgan fingerprint density at radius 2 is 1.84 bits per heavy atom. The monoisotopic (exact) mass is 297 g/mol. The lowest BCUT2D eigenvalue weighted by Gasteiger charge is -2.11. The van der Waals surface area contributed by atoms with Gasteiger partial charge in [0.1, 0.15) is 12.4 Å². The molecule has 0 atom stereocenters. The van der Waals surface area contributed by atoms with Crippen LogP contribution in [0.5, 0.6) is 5.75 Å². The van der Waals surface area contributed by atoms with Gasteiger partial charge < -0.3 is 10.1 Å². The predicted molar refractivity (Wildman–Crippen MR) is 82.2 cm³/mol. The van der Waals surface area contributed by atoms with Crippen molar-refractivity contribution in [3.63, 3.8) is 0 Å². The first kappa shape index (κ1) is 15.8. The van der Waals surface area contributed by atoms with Crippen LogP contribution in [0.3, 0.4) is 0 Å². The second-order valence-electron chi connectivity index (χ2n) is 4.06. The van der Waals surface area contributed by atoms with Gasteiger partial charge in [0.2, 0.25) is 0 Å². The van der Waals surface area contributed by atoms with Crippen LogP contribution in [-0.2, 0) is 13.2 Å². The minimum absolute atomic E-state index is 0. The first-order chi connectivity index (χ1) is 8.79. The molecule has 0 aliphatic rings. The van der Waals surface area contributed by atoms with Gasteiger partial charge in [0, 0.05) is 17.1 Å². The largest absolute Gasteiger partial charge is 0.489 e. The summed E-state index contributed by atoms with van der Waals surface area (Å²) in [6.45, 7) is 1.31. The Bertz CT molecular complexity index is 503. The molecule has 2 aromatic carbocycles. The molecule has 0 fully saturated rings. The van der Waals surface area contributed by atoms with E-state index in [1.54, 1.807) is 0 Å². The number of hydrogen-bond acceptors (Lipinski definition) is 2. The van der Waals surface area contributed by atoms with Gasteiger partial charge in [-0.25, -0.2) is 0 Å². The van der Waals surface area contributed by atoms with Gasteiger partial charge >= 0.3 is 0 Å². The van der Waals surface area contributed by atoms with Gasteiger partial charge in [0.25, 0.3) is 0 Å². The lowest BCUT2D eigenvalue weighted by Crippen LogP contribution is -2.07. The Kier molecular flexibility index (Phi) is 6.71. The Morgan fingerprint density at radius 1 is 1.11 bits per heavy atom. The van der Waals surface area contributed by atoms with E-state index >= 15 is 0 Å². The second kappa shape index (κ2) is 8.05. The maximum Gasteiger partial charge on any atom is 0.124 e. The Morgan fingerprint density at radius 3 is 2.53 bits per heavy atom. The van der Waals surface area contributed by atoms with Crippen LogP contribution in [0.15, 0.2) is 48.5 Å². The molecule has 0 bridgehead atoms. The summed E-state index contributed by atoms with van der Waals surface area (Å²) in [6.07, 6.45) is 0. The fourth-order valence-corrected chi connectivity index (χ4v) is 1.95. The molecule has 0 aliphatic carbocycles. The van der Waals surface area contributed by atoms with Crippen LogP contribution < -0.4 is 10.1 Å². The number of hydrogen-bond donors (Lipinski definition) is 1. The zero-order valence-electron chi connectivity index (χ0n) is 10.7. The Balaban J connectivity index is 0.00000180. The third kappa shape index (κ3) is 4.75. The molecule has 0 aromatic heterocycles. The van der Waals surface area contributed by atoms with Gasteiger partial charge in [-0.05, 0) is 30.8 Å². The summed E-state index contributed by atoms with van der Waals surface area (Å²) < 4.78 is 5.83. The number of benzene rings is 2. The molecule has 2 nitrogen and oxygen atoms in total. The van der Waals surface area contributed by atoms with Crippen molar-refractivity contribution in [2.75, 3.05) is 7.05 Å². The van der Waals surface area contributed by atoms with Gasteiger partial charge in [-0.15, -0.1) is 12.4 Å². The summed E-state index contributed by atoms with van der Waals surface area (Å²) in [5.74, 6) is 0.873. The van der Waals surface area contributed by atoms with Crippen LogP contribution in [0, 0.1) is 0 Å². The second-order valence-corrected chi connectivity index (χ2v) is 4.49. The van der Waals surface area contributed by atoms with Gasteiger partial charge in [-0.2, -0.15) is 0 Å². The molecule has 19 heavy (non-hydrogen) atoms. The van der Waals surface area contributed by atoms with E-state index in [2.05, 4.69) is 5.32 Å². The number of nitrogens with one attached hydrogen (secondary N) is 1. The molecular formula is C15H17Cl2NO. The van der Waals surface area contributed by atoms with Gasteiger partial charge in [-0.3, -0.25) is 0 Å². The van der Waals surface area contributed by atoms with Crippen molar-refractivity contribution < 1.29 is 4.74 Å². The zero-order chi connectivity index (χ0) is 12.8. The summed E-state index contributed by atoms with van der Waals surface area (Å²) in [7, 11) is 1.90. The number of ether oxygens (including phenoxy) is 1. The molecule has 0 spiro atoms. The quantitative estimate of drug-likeness (QED) is 0.898. The molecule has 102 valence electrons. The standard InChI is InChI=1S/C15H16ClNO.ClH/c1-17-10-13-9-14(16)7-8-15(13)18-11-12-5-3-2-4-6-12;/h2-9,17H,10-11H2,1H3;1H. The number of halogens is 2. The van der Waals surface area contributed by atoms with Crippen molar-refractivity contribution in [2.24, 2.45) is 0 Å². The van der Waals surface area contributed by atoms with Gasteiger partial charge in [-0.1, -0.05) is 41.9 Å². The molecule has 0 aliphatic heterocycles. The average molecular weight is 298 g/mol. The Hall–Kier alpha value is -1.22. The van der Waals surface area contributed by atoms with Crippen molar-refractivity contribution in [3.8, 4) is 5.75 Å². The summed E-state index contributed by atoms with van der Waals surface area (Å²) in [6, 6.07) is 15.8. The highest BCUT2D eigenvalue weighted by Crippen LogP contribution is 2.23. The van der Waals surface area contributed by atoms with Crippen LogP contribution >= 0.6 is 24.0 Å². The molecule has 4 heteroatoms. The van der Waals surface area contributed by atoms with E-state index in [0.29, 0.717) is 6.61 Å². The van der Waals surface area contributed by atoms with Gasteiger partial charge in [0.15, 0.2) is 0 Å². The summed E-state index contributed by atoms with van der Waals surface area (Å²) in [5, 5.41) is 3.84. The van der Waals surface area contributed by atoms with E-state index in [9.17, 15) is 0 Å². The molecule has 0 amide bonds. The van der Waals surface area contributed by atoms with Crippen LogP contribution in [0.2, 0.25) is 5.02 Å². The molecule has 0 heterocycles. The fraction of sp³-hybridized carbons (Fsp3) is 0.200. The Labute approximate surface area is 125 Å². The highest BCUT2D eigenvalue weighted by Gasteiger charge is 2.04. The van der Waals surface area contributed by atoms with E-state index in [1.165, 1.54) is 0 Å². The fourth-order valence-electron chi connectivity index (χ4n) is 1.75. The van der Waals surface area contributed by atoms with Crippen molar-refractivity contribution >= 4 is 24.0 Å². The molecular weight excluding hydrogens is 281 g/mol. The van der Waals surface area contributed by atoms with Crippen molar-refractivity contribution in [1.82, 2.24) is 5.32 Å². The molecule has 1 N–H and O–H groups in total. The topological polar surface area (TPSA) is 21.3 Å². The minimum Gasteiger partial charge on any atom is -0.489 e. The third-order valence-electron chi connectivity index (χ3n) is 2.63. The number of rotatable bonds is 5. The first-order valence-electron chi connectivity index (χ1n) is 5.89. The third-order valence-corrected chi connectivity index (χ3v) is 2.86. The predicted octanol–water partition coefficient (Wildman–Crippen LogP) is 4.06. The lowest BCUT2D eigenvalue weighted by molar-refractivity contribution is 0.302. The van der Waals surface area contributed by atoms with Crippen molar-refractivity contribution in [1.29, 1.82) is 0 Å².